The summed E-state index contributed by atoms with van der Waals surface area (Å²) in [6.45, 7) is -0.582. The van der Waals surface area contributed by atoms with Crippen LogP contribution >= 0.6 is 0 Å². The lowest BCUT2D eigenvalue weighted by Gasteiger charge is -2.30. The van der Waals surface area contributed by atoms with Crippen molar-refractivity contribution in [2.24, 2.45) is 0 Å². The SMILES string of the molecule is FC(F)(COC1CCC(Nc2ncnc3[nH]ncc23)CC1)c1ccccc1. The van der Waals surface area contributed by atoms with Crippen LogP contribution in [0.5, 0.6) is 0 Å². The van der Waals surface area contributed by atoms with Crippen LogP contribution in [0.15, 0.2) is 42.9 Å². The third-order valence-corrected chi connectivity index (χ3v) is 4.96. The molecule has 2 heterocycles. The van der Waals surface area contributed by atoms with E-state index in [0.29, 0.717) is 5.65 Å². The molecule has 4 rings (SSSR count). The molecule has 142 valence electrons. The summed E-state index contributed by atoms with van der Waals surface area (Å²) in [5.74, 6) is -2.22. The van der Waals surface area contributed by atoms with Crippen LogP contribution < -0.4 is 5.32 Å². The fraction of sp³-hybridized carbons (Fsp3) is 0.421. The molecule has 1 aromatic carbocycles. The normalized spacial score (nSPS) is 20.7. The Bertz CT molecular complexity index is 878. The van der Waals surface area contributed by atoms with Crippen molar-refractivity contribution >= 4 is 16.9 Å². The van der Waals surface area contributed by atoms with Gasteiger partial charge in [0, 0.05) is 11.6 Å². The highest BCUT2D eigenvalue weighted by atomic mass is 19.3. The fourth-order valence-electron chi connectivity index (χ4n) is 3.43. The molecule has 0 unspecified atom stereocenters. The van der Waals surface area contributed by atoms with Crippen molar-refractivity contribution < 1.29 is 13.5 Å². The molecule has 0 saturated heterocycles. The highest BCUT2D eigenvalue weighted by Gasteiger charge is 2.33. The molecule has 1 aliphatic rings. The molecule has 0 atom stereocenters. The maximum Gasteiger partial charge on any atom is 0.296 e. The molecule has 2 N–H and O–H groups in total. The number of ether oxygens (including phenoxy) is 1. The highest BCUT2D eigenvalue weighted by molar-refractivity contribution is 5.85. The van der Waals surface area contributed by atoms with E-state index in [0.717, 1.165) is 36.9 Å². The Morgan fingerprint density at radius 1 is 1.11 bits per heavy atom. The van der Waals surface area contributed by atoms with Gasteiger partial charge >= 0.3 is 0 Å². The van der Waals surface area contributed by atoms with E-state index < -0.39 is 12.5 Å². The van der Waals surface area contributed by atoms with Gasteiger partial charge in [0.15, 0.2) is 5.65 Å². The fourth-order valence-corrected chi connectivity index (χ4v) is 3.43. The van der Waals surface area contributed by atoms with Crippen LogP contribution in [0.2, 0.25) is 0 Å². The summed E-state index contributed by atoms with van der Waals surface area (Å²) in [7, 11) is 0. The Kier molecular flexibility index (Phi) is 4.98. The summed E-state index contributed by atoms with van der Waals surface area (Å²) in [6.07, 6.45) is 6.19. The Morgan fingerprint density at radius 3 is 2.67 bits per heavy atom. The maximum atomic E-state index is 14.2. The van der Waals surface area contributed by atoms with Crippen molar-refractivity contribution in [3.8, 4) is 0 Å². The number of hydrogen-bond acceptors (Lipinski definition) is 5. The molecule has 0 spiro atoms. The second-order valence-corrected chi connectivity index (χ2v) is 6.85. The van der Waals surface area contributed by atoms with E-state index in [1.807, 2.05) is 0 Å². The van der Waals surface area contributed by atoms with Crippen LogP contribution in [0, 0.1) is 0 Å². The molecule has 2 aromatic heterocycles. The van der Waals surface area contributed by atoms with Crippen molar-refractivity contribution in [1.82, 2.24) is 20.2 Å². The van der Waals surface area contributed by atoms with Crippen LogP contribution in [-0.2, 0) is 10.7 Å². The average Bonchev–Trinajstić information content (AvgIpc) is 3.18. The second-order valence-electron chi connectivity index (χ2n) is 6.85. The lowest BCUT2D eigenvalue weighted by molar-refractivity contribution is -0.111. The first-order valence-corrected chi connectivity index (χ1v) is 9.07. The van der Waals surface area contributed by atoms with Gasteiger partial charge in [0.05, 0.1) is 17.7 Å². The number of rotatable bonds is 6. The van der Waals surface area contributed by atoms with Gasteiger partial charge in [-0.1, -0.05) is 30.3 Å². The summed E-state index contributed by atoms with van der Waals surface area (Å²) < 4.78 is 34.0. The number of hydrogen-bond donors (Lipinski definition) is 2. The summed E-state index contributed by atoms with van der Waals surface area (Å²) in [5.41, 5.74) is 0.681. The van der Waals surface area contributed by atoms with Gasteiger partial charge in [-0.3, -0.25) is 5.10 Å². The third-order valence-electron chi connectivity index (χ3n) is 4.96. The number of aromatic nitrogens is 4. The van der Waals surface area contributed by atoms with E-state index in [1.54, 1.807) is 24.4 Å². The number of benzene rings is 1. The minimum atomic E-state index is -2.97. The molecule has 27 heavy (non-hydrogen) atoms. The molecular formula is C19H21F2N5O. The van der Waals surface area contributed by atoms with E-state index in [4.69, 9.17) is 4.74 Å². The first-order valence-electron chi connectivity index (χ1n) is 9.07. The van der Waals surface area contributed by atoms with Crippen LogP contribution in [0.1, 0.15) is 31.2 Å². The van der Waals surface area contributed by atoms with Crippen LogP contribution in [0.4, 0.5) is 14.6 Å². The minimum Gasteiger partial charge on any atom is -0.372 e. The number of fused-ring (bicyclic) bond motifs is 1. The highest BCUT2D eigenvalue weighted by Crippen LogP contribution is 2.31. The van der Waals surface area contributed by atoms with Gasteiger partial charge in [-0.25, -0.2) is 9.97 Å². The third kappa shape index (κ3) is 4.05. The molecule has 0 aliphatic heterocycles. The number of nitrogens with one attached hydrogen (secondary N) is 2. The Balaban J connectivity index is 1.28. The summed E-state index contributed by atoms with van der Waals surface area (Å²) in [5, 5.41) is 11.1. The van der Waals surface area contributed by atoms with Crippen LogP contribution in [0.3, 0.4) is 0 Å². The number of H-pyrrole nitrogens is 1. The molecule has 8 heteroatoms. The molecule has 0 radical (unpaired) electrons. The van der Waals surface area contributed by atoms with E-state index in [-0.39, 0.29) is 17.7 Å². The van der Waals surface area contributed by atoms with Crippen molar-refractivity contribution in [2.45, 2.75) is 43.8 Å². The first kappa shape index (κ1) is 17.8. The van der Waals surface area contributed by atoms with Crippen molar-refractivity contribution in [3.05, 3.63) is 48.4 Å². The van der Waals surface area contributed by atoms with Gasteiger partial charge in [-0.2, -0.15) is 13.9 Å². The molecule has 1 aliphatic carbocycles. The minimum absolute atomic E-state index is 0.00626. The lowest BCUT2D eigenvalue weighted by atomic mass is 9.93. The van der Waals surface area contributed by atoms with Gasteiger partial charge in [0.1, 0.15) is 18.8 Å². The molecule has 0 bridgehead atoms. The van der Waals surface area contributed by atoms with E-state index in [2.05, 4.69) is 25.5 Å². The van der Waals surface area contributed by atoms with Crippen molar-refractivity contribution in [2.75, 3.05) is 11.9 Å². The Labute approximate surface area is 155 Å². The number of halogens is 2. The Morgan fingerprint density at radius 2 is 1.89 bits per heavy atom. The maximum absolute atomic E-state index is 14.2. The van der Waals surface area contributed by atoms with Gasteiger partial charge in [-0.05, 0) is 25.7 Å². The van der Waals surface area contributed by atoms with E-state index in [1.165, 1.54) is 18.5 Å². The largest absolute Gasteiger partial charge is 0.372 e. The monoisotopic (exact) mass is 373 g/mol. The number of alkyl halides is 2. The first-order chi connectivity index (χ1) is 13.1. The van der Waals surface area contributed by atoms with Crippen LogP contribution in [-0.4, -0.2) is 38.9 Å². The number of anilines is 1. The number of nitrogens with zero attached hydrogens (tertiary/aromatic N) is 3. The van der Waals surface area contributed by atoms with Gasteiger partial charge in [0.2, 0.25) is 0 Å². The zero-order valence-electron chi connectivity index (χ0n) is 14.7. The van der Waals surface area contributed by atoms with Crippen LogP contribution in [0.25, 0.3) is 11.0 Å². The van der Waals surface area contributed by atoms with Crippen molar-refractivity contribution in [1.29, 1.82) is 0 Å². The van der Waals surface area contributed by atoms with Gasteiger partial charge in [-0.15, -0.1) is 0 Å². The Hall–Kier alpha value is -2.61. The lowest BCUT2D eigenvalue weighted by Crippen LogP contribution is -2.32. The quantitative estimate of drug-likeness (QED) is 0.686. The topological polar surface area (TPSA) is 75.7 Å². The van der Waals surface area contributed by atoms with E-state index >= 15 is 0 Å². The predicted octanol–water partition coefficient (Wildman–Crippen LogP) is 3.88. The smallest absolute Gasteiger partial charge is 0.296 e. The number of aromatic amines is 1. The van der Waals surface area contributed by atoms with Crippen molar-refractivity contribution in [3.63, 3.8) is 0 Å². The summed E-state index contributed by atoms with van der Waals surface area (Å²) >= 11 is 0. The molecule has 1 saturated carbocycles. The molecule has 6 nitrogen and oxygen atoms in total. The molecule has 0 amide bonds. The predicted molar refractivity (Wildman–Crippen MR) is 97.6 cm³/mol. The summed E-state index contributed by atoms with van der Waals surface area (Å²) in [4.78, 5) is 8.40. The van der Waals surface area contributed by atoms with Gasteiger partial charge in [0.25, 0.3) is 5.92 Å². The zero-order valence-corrected chi connectivity index (χ0v) is 14.7. The average molecular weight is 373 g/mol. The molecule has 3 aromatic rings. The second kappa shape index (κ2) is 7.56. The molecule has 1 fully saturated rings. The standard InChI is InChI=1S/C19H21F2N5O/c20-19(21,13-4-2-1-3-5-13)11-27-15-8-6-14(7-9-15)25-17-16-10-24-26-18(16)23-12-22-17/h1-5,10,12,14-15H,6-9,11H2,(H2,22,23,24,25,26). The van der Waals surface area contributed by atoms with Gasteiger partial charge < -0.3 is 10.1 Å². The summed E-state index contributed by atoms with van der Waals surface area (Å²) in [6, 6.07) is 8.05. The van der Waals surface area contributed by atoms with E-state index in [9.17, 15) is 8.78 Å². The molecular weight excluding hydrogens is 352 g/mol. The zero-order chi connectivity index (χ0) is 18.7.